The van der Waals surface area contributed by atoms with Gasteiger partial charge in [-0.25, -0.2) is 9.48 Å². The molecule has 0 aliphatic rings. The van der Waals surface area contributed by atoms with E-state index >= 15 is 0 Å². The highest BCUT2D eigenvalue weighted by Gasteiger charge is 2.15. The van der Waals surface area contributed by atoms with E-state index in [-0.39, 0.29) is 5.56 Å². The van der Waals surface area contributed by atoms with Crippen LogP contribution >= 0.6 is 0 Å². The zero-order chi connectivity index (χ0) is 13.4. The highest BCUT2D eigenvalue weighted by Crippen LogP contribution is 2.21. The molecule has 0 aliphatic carbocycles. The summed E-state index contributed by atoms with van der Waals surface area (Å²) in [6.45, 7) is 0. The van der Waals surface area contributed by atoms with Crippen LogP contribution in [0.1, 0.15) is 10.4 Å². The molecule has 0 aliphatic heterocycles. The topological polar surface area (TPSA) is 94.0 Å². The Kier molecular flexibility index (Phi) is 2.42. The predicted octanol–water partition coefficient (Wildman–Crippen LogP) is 1.70. The second kappa shape index (κ2) is 4.09. The number of para-hydroxylation sites is 1. The minimum Gasteiger partial charge on any atom is -0.478 e. The van der Waals surface area contributed by atoms with Gasteiger partial charge in [-0.15, -0.1) is 5.10 Å². The molecule has 3 aromatic rings. The third-order valence-electron chi connectivity index (χ3n) is 2.83. The van der Waals surface area contributed by atoms with E-state index < -0.39 is 5.97 Å². The maximum absolute atomic E-state index is 11.3. The molecule has 0 unspecified atom stereocenters. The summed E-state index contributed by atoms with van der Waals surface area (Å²) >= 11 is 0. The number of aromatic carboxylic acids is 1. The number of nitrogens with zero attached hydrogens (tertiary/aromatic N) is 3. The zero-order valence-corrected chi connectivity index (χ0v) is 9.82. The number of carboxylic acid groups (broad SMARTS) is 1. The second-order valence-electron chi connectivity index (χ2n) is 4.07. The SMILES string of the molecule is Nc1ccc(-n2nnc3ccccc32)c(C(=O)O)c1. The van der Waals surface area contributed by atoms with Crippen molar-refractivity contribution in [3.05, 3.63) is 48.0 Å². The second-order valence-corrected chi connectivity index (χ2v) is 4.07. The van der Waals surface area contributed by atoms with Crippen LogP contribution in [-0.2, 0) is 0 Å². The molecule has 3 rings (SSSR count). The summed E-state index contributed by atoms with van der Waals surface area (Å²) in [5.41, 5.74) is 8.00. The minimum absolute atomic E-state index is 0.0932. The van der Waals surface area contributed by atoms with Crippen LogP contribution in [0.4, 0.5) is 5.69 Å². The van der Waals surface area contributed by atoms with Crippen LogP contribution in [0.3, 0.4) is 0 Å². The number of nitrogens with two attached hydrogens (primary N) is 1. The number of nitrogen functional groups attached to an aromatic ring is 1. The molecule has 2 aromatic carbocycles. The third kappa shape index (κ3) is 1.79. The molecular formula is C13H10N4O2. The van der Waals surface area contributed by atoms with Gasteiger partial charge in [0, 0.05) is 5.69 Å². The lowest BCUT2D eigenvalue weighted by atomic mass is 10.1. The first kappa shape index (κ1) is 11.2. The van der Waals surface area contributed by atoms with Gasteiger partial charge in [-0.1, -0.05) is 17.3 Å². The van der Waals surface area contributed by atoms with Crippen LogP contribution < -0.4 is 5.73 Å². The Labute approximate surface area is 108 Å². The number of hydrogen-bond donors (Lipinski definition) is 2. The van der Waals surface area contributed by atoms with E-state index in [1.807, 2.05) is 24.3 Å². The van der Waals surface area contributed by atoms with Crippen molar-refractivity contribution < 1.29 is 9.90 Å². The molecule has 0 amide bonds. The first-order valence-electron chi connectivity index (χ1n) is 5.60. The normalized spacial score (nSPS) is 10.7. The molecule has 19 heavy (non-hydrogen) atoms. The minimum atomic E-state index is -1.05. The molecule has 0 bridgehead atoms. The number of hydrogen-bond acceptors (Lipinski definition) is 4. The van der Waals surface area contributed by atoms with Gasteiger partial charge in [-0.05, 0) is 30.3 Å². The van der Waals surface area contributed by atoms with Crippen molar-refractivity contribution in [2.45, 2.75) is 0 Å². The summed E-state index contributed by atoms with van der Waals surface area (Å²) in [6.07, 6.45) is 0. The van der Waals surface area contributed by atoms with E-state index in [1.165, 1.54) is 10.7 Å². The van der Waals surface area contributed by atoms with Crippen molar-refractivity contribution >= 4 is 22.7 Å². The summed E-state index contributed by atoms with van der Waals surface area (Å²) in [5.74, 6) is -1.05. The van der Waals surface area contributed by atoms with Gasteiger partial charge >= 0.3 is 5.97 Å². The highest BCUT2D eigenvalue weighted by atomic mass is 16.4. The molecule has 0 atom stereocenters. The average molecular weight is 254 g/mol. The number of benzene rings is 2. The van der Waals surface area contributed by atoms with Gasteiger partial charge in [-0.2, -0.15) is 0 Å². The van der Waals surface area contributed by atoms with Crippen molar-refractivity contribution in [2.24, 2.45) is 0 Å². The summed E-state index contributed by atoms with van der Waals surface area (Å²) in [4.78, 5) is 11.3. The van der Waals surface area contributed by atoms with Crippen LogP contribution in [0.25, 0.3) is 16.7 Å². The molecular weight excluding hydrogens is 244 g/mol. The third-order valence-corrected chi connectivity index (χ3v) is 2.83. The van der Waals surface area contributed by atoms with Crippen LogP contribution in [0.2, 0.25) is 0 Å². The lowest BCUT2D eigenvalue weighted by molar-refractivity contribution is 0.0697. The van der Waals surface area contributed by atoms with E-state index in [1.54, 1.807) is 12.1 Å². The quantitative estimate of drug-likeness (QED) is 0.679. The number of anilines is 1. The van der Waals surface area contributed by atoms with Crippen LogP contribution in [-0.4, -0.2) is 26.1 Å². The lowest BCUT2D eigenvalue weighted by Crippen LogP contribution is -2.07. The van der Waals surface area contributed by atoms with E-state index in [9.17, 15) is 9.90 Å². The summed E-state index contributed by atoms with van der Waals surface area (Å²) in [5, 5.41) is 17.3. The molecule has 1 heterocycles. The Morgan fingerprint density at radius 2 is 2.00 bits per heavy atom. The molecule has 0 saturated carbocycles. The number of aromatic nitrogens is 3. The van der Waals surface area contributed by atoms with Crippen molar-refractivity contribution in [2.75, 3.05) is 5.73 Å². The number of carbonyl (C=O) groups is 1. The molecule has 6 heteroatoms. The smallest absolute Gasteiger partial charge is 0.337 e. The molecule has 0 spiro atoms. The monoisotopic (exact) mass is 254 g/mol. The number of rotatable bonds is 2. The average Bonchev–Trinajstić information content (AvgIpc) is 2.82. The summed E-state index contributed by atoms with van der Waals surface area (Å²) < 4.78 is 1.50. The van der Waals surface area contributed by atoms with E-state index in [2.05, 4.69) is 10.3 Å². The summed E-state index contributed by atoms with van der Waals surface area (Å²) in [7, 11) is 0. The van der Waals surface area contributed by atoms with Crippen LogP contribution in [0, 0.1) is 0 Å². The maximum atomic E-state index is 11.3. The fraction of sp³-hybridized carbons (Fsp3) is 0. The molecule has 3 N–H and O–H groups in total. The zero-order valence-electron chi connectivity index (χ0n) is 9.82. The number of fused-ring (bicyclic) bond motifs is 1. The maximum Gasteiger partial charge on any atom is 0.337 e. The molecule has 6 nitrogen and oxygen atoms in total. The highest BCUT2D eigenvalue weighted by molar-refractivity contribution is 5.94. The van der Waals surface area contributed by atoms with Gasteiger partial charge in [0.05, 0.1) is 16.8 Å². The van der Waals surface area contributed by atoms with E-state index in [4.69, 9.17) is 5.73 Å². The molecule has 0 fully saturated rings. The molecule has 0 radical (unpaired) electrons. The van der Waals surface area contributed by atoms with Gasteiger partial charge in [-0.3, -0.25) is 0 Å². The van der Waals surface area contributed by atoms with E-state index in [0.717, 1.165) is 5.52 Å². The number of carboxylic acids is 1. The first-order chi connectivity index (χ1) is 9.16. The molecule has 0 saturated heterocycles. The Morgan fingerprint density at radius 3 is 2.79 bits per heavy atom. The van der Waals surface area contributed by atoms with E-state index in [0.29, 0.717) is 16.9 Å². The molecule has 1 aromatic heterocycles. The fourth-order valence-corrected chi connectivity index (χ4v) is 1.96. The van der Waals surface area contributed by atoms with Gasteiger partial charge < -0.3 is 10.8 Å². The van der Waals surface area contributed by atoms with Crippen molar-refractivity contribution in [3.63, 3.8) is 0 Å². The van der Waals surface area contributed by atoms with Gasteiger partial charge in [0.1, 0.15) is 5.52 Å². The van der Waals surface area contributed by atoms with Gasteiger partial charge in [0.15, 0.2) is 0 Å². The van der Waals surface area contributed by atoms with Gasteiger partial charge in [0.25, 0.3) is 0 Å². The fourth-order valence-electron chi connectivity index (χ4n) is 1.96. The van der Waals surface area contributed by atoms with Gasteiger partial charge in [0.2, 0.25) is 0 Å². The van der Waals surface area contributed by atoms with Crippen molar-refractivity contribution in [1.82, 2.24) is 15.0 Å². The largest absolute Gasteiger partial charge is 0.478 e. The van der Waals surface area contributed by atoms with Crippen LogP contribution in [0.15, 0.2) is 42.5 Å². The first-order valence-corrected chi connectivity index (χ1v) is 5.60. The van der Waals surface area contributed by atoms with Crippen molar-refractivity contribution in [3.8, 4) is 5.69 Å². The summed E-state index contributed by atoms with van der Waals surface area (Å²) in [6, 6.07) is 12.0. The van der Waals surface area contributed by atoms with Crippen LogP contribution in [0.5, 0.6) is 0 Å². The standard InChI is InChI=1S/C13H10N4O2/c14-8-5-6-11(9(7-8)13(18)19)17-12-4-2-1-3-10(12)15-16-17/h1-7H,14H2,(H,18,19). The Bertz CT molecular complexity index is 779. The molecule has 94 valence electrons. The Morgan fingerprint density at radius 1 is 1.21 bits per heavy atom. The van der Waals surface area contributed by atoms with Crippen molar-refractivity contribution in [1.29, 1.82) is 0 Å². The predicted molar refractivity (Wildman–Crippen MR) is 70.2 cm³/mol. The Hall–Kier alpha value is -2.89. The Balaban J connectivity index is 2.30. The lowest BCUT2D eigenvalue weighted by Gasteiger charge is -2.07.